The van der Waals surface area contributed by atoms with Gasteiger partial charge in [-0.3, -0.25) is 4.79 Å². The average Bonchev–Trinajstić information content (AvgIpc) is 2.78. The van der Waals surface area contributed by atoms with Crippen LogP contribution in [-0.4, -0.2) is 26.1 Å². The number of fused-ring (bicyclic) bond motifs is 1. The Balaban J connectivity index is 1.88. The summed E-state index contributed by atoms with van der Waals surface area (Å²) in [4.78, 5) is 15.1. The van der Waals surface area contributed by atoms with Gasteiger partial charge in [-0.25, -0.2) is 12.8 Å². The van der Waals surface area contributed by atoms with E-state index >= 15 is 4.39 Å². The number of pyridine rings is 1. The van der Waals surface area contributed by atoms with Crippen molar-refractivity contribution in [2.75, 3.05) is 18.0 Å². The molecule has 0 N–H and O–H groups in total. The molecule has 0 radical (unpaired) electrons. The Kier molecular flexibility index (Phi) is 6.36. The maximum atomic E-state index is 15.3. The van der Waals surface area contributed by atoms with Crippen LogP contribution in [0.25, 0.3) is 10.9 Å². The molecule has 1 aliphatic rings. The molecular weight excluding hydrogens is 439 g/mol. The number of halogens is 1. The first-order valence-corrected chi connectivity index (χ1v) is 13.1. The second-order valence-corrected chi connectivity index (χ2v) is 11.2. The number of anilines is 1. The first-order valence-electron chi connectivity index (χ1n) is 11.6. The lowest BCUT2D eigenvalue weighted by Crippen LogP contribution is -2.39. The molecule has 1 fully saturated rings. The van der Waals surface area contributed by atoms with Crippen LogP contribution in [0.2, 0.25) is 0 Å². The maximum Gasteiger partial charge on any atom is 0.211 e. The Morgan fingerprint density at radius 1 is 1.03 bits per heavy atom. The summed E-state index contributed by atoms with van der Waals surface area (Å²) in [5, 5.41) is 0.0856. The Morgan fingerprint density at radius 2 is 1.67 bits per heavy atom. The summed E-state index contributed by atoms with van der Waals surface area (Å²) >= 11 is 0. The number of rotatable bonds is 5. The zero-order valence-corrected chi connectivity index (χ0v) is 20.5. The van der Waals surface area contributed by atoms with E-state index in [1.807, 2.05) is 18.7 Å². The maximum absolute atomic E-state index is 15.3. The fourth-order valence-electron chi connectivity index (χ4n) is 4.96. The third-order valence-electron chi connectivity index (χ3n) is 6.60. The molecule has 1 saturated heterocycles. The molecule has 1 aromatic heterocycles. The van der Waals surface area contributed by atoms with Gasteiger partial charge < -0.3 is 9.47 Å². The molecule has 176 valence electrons. The summed E-state index contributed by atoms with van der Waals surface area (Å²) in [6.45, 7) is 10.1. The van der Waals surface area contributed by atoms with Gasteiger partial charge in [-0.2, -0.15) is 0 Å². The van der Waals surface area contributed by atoms with Crippen LogP contribution in [0.4, 0.5) is 10.1 Å². The van der Waals surface area contributed by atoms with E-state index < -0.39 is 21.1 Å². The molecule has 0 saturated carbocycles. The third kappa shape index (κ3) is 4.31. The Labute approximate surface area is 194 Å². The lowest BCUT2D eigenvalue weighted by Gasteiger charge is -2.37. The second-order valence-electron chi connectivity index (χ2n) is 9.28. The van der Waals surface area contributed by atoms with Gasteiger partial charge in [-0.15, -0.1) is 0 Å². The molecule has 0 unspecified atom stereocenters. The molecule has 33 heavy (non-hydrogen) atoms. The molecule has 1 aliphatic heterocycles. The number of hydrogen-bond donors (Lipinski definition) is 0. The van der Waals surface area contributed by atoms with Crippen molar-refractivity contribution in [1.29, 1.82) is 0 Å². The molecule has 5 nitrogen and oxygen atoms in total. The van der Waals surface area contributed by atoms with Gasteiger partial charge in [0, 0.05) is 25.8 Å². The van der Waals surface area contributed by atoms with Gasteiger partial charge in [0.05, 0.1) is 21.5 Å². The van der Waals surface area contributed by atoms with Crippen molar-refractivity contribution >= 4 is 26.4 Å². The summed E-state index contributed by atoms with van der Waals surface area (Å²) in [6.07, 6.45) is 3.29. The molecule has 0 aliphatic carbocycles. The highest BCUT2D eigenvalue weighted by molar-refractivity contribution is 7.91. The van der Waals surface area contributed by atoms with E-state index in [2.05, 4.69) is 13.8 Å². The van der Waals surface area contributed by atoms with E-state index in [0.717, 1.165) is 31.5 Å². The SMILES string of the molecule is CCc1ccc(S(=O)(=O)c2cn(CC)c3cc(N4C[C@@H](C)C[C@H](C)C4)c(F)cc3c2=O)cc1. The molecule has 0 spiro atoms. The van der Waals surface area contributed by atoms with Crippen LogP contribution in [0, 0.1) is 17.7 Å². The van der Waals surface area contributed by atoms with Crippen LogP contribution in [0.3, 0.4) is 0 Å². The highest BCUT2D eigenvalue weighted by atomic mass is 32.2. The lowest BCUT2D eigenvalue weighted by molar-refractivity contribution is 0.354. The van der Waals surface area contributed by atoms with Crippen molar-refractivity contribution in [2.45, 2.75) is 56.9 Å². The van der Waals surface area contributed by atoms with Gasteiger partial charge in [-0.05, 0) is 61.4 Å². The summed E-state index contributed by atoms with van der Waals surface area (Å²) < 4.78 is 43.6. The average molecular weight is 471 g/mol. The zero-order valence-electron chi connectivity index (χ0n) is 19.6. The molecule has 3 aromatic rings. The lowest BCUT2D eigenvalue weighted by atomic mass is 9.91. The van der Waals surface area contributed by atoms with Crippen molar-refractivity contribution in [3.63, 3.8) is 0 Å². The first kappa shape index (κ1) is 23.5. The second kappa shape index (κ2) is 8.93. The van der Waals surface area contributed by atoms with Crippen LogP contribution < -0.4 is 10.3 Å². The van der Waals surface area contributed by atoms with Crippen LogP contribution >= 0.6 is 0 Å². The molecule has 2 aromatic carbocycles. The number of benzene rings is 2. The van der Waals surface area contributed by atoms with E-state index in [-0.39, 0.29) is 15.2 Å². The third-order valence-corrected chi connectivity index (χ3v) is 8.36. The fraction of sp³-hybridized carbons (Fsp3) is 0.423. The van der Waals surface area contributed by atoms with Crippen molar-refractivity contribution in [3.8, 4) is 0 Å². The van der Waals surface area contributed by atoms with Crippen molar-refractivity contribution in [3.05, 3.63) is 64.2 Å². The minimum absolute atomic E-state index is 0.0622. The molecule has 2 heterocycles. The molecule has 7 heteroatoms. The van der Waals surface area contributed by atoms with Gasteiger partial charge in [0.2, 0.25) is 15.3 Å². The number of nitrogens with zero attached hydrogens (tertiary/aromatic N) is 2. The van der Waals surface area contributed by atoms with Gasteiger partial charge in [0.1, 0.15) is 10.7 Å². The smallest absolute Gasteiger partial charge is 0.211 e. The van der Waals surface area contributed by atoms with E-state index in [1.54, 1.807) is 22.8 Å². The fourth-order valence-corrected chi connectivity index (χ4v) is 6.33. The van der Waals surface area contributed by atoms with Crippen LogP contribution in [0.15, 0.2) is 57.2 Å². The minimum Gasteiger partial charge on any atom is -0.369 e. The monoisotopic (exact) mass is 470 g/mol. The van der Waals surface area contributed by atoms with E-state index in [1.165, 1.54) is 24.4 Å². The van der Waals surface area contributed by atoms with Gasteiger partial charge in [0.15, 0.2) is 0 Å². The van der Waals surface area contributed by atoms with E-state index in [4.69, 9.17) is 0 Å². The Hall–Kier alpha value is -2.67. The topological polar surface area (TPSA) is 59.4 Å². The predicted molar refractivity (Wildman–Crippen MR) is 130 cm³/mol. The van der Waals surface area contributed by atoms with Crippen molar-refractivity contribution in [1.82, 2.24) is 4.57 Å². The van der Waals surface area contributed by atoms with E-state index in [9.17, 15) is 13.2 Å². The van der Waals surface area contributed by atoms with E-state index in [0.29, 0.717) is 29.6 Å². The van der Waals surface area contributed by atoms with Crippen molar-refractivity contribution in [2.24, 2.45) is 11.8 Å². The zero-order chi connectivity index (χ0) is 23.9. The Morgan fingerprint density at radius 3 is 2.24 bits per heavy atom. The van der Waals surface area contributed by atoms with Crippen molar-refractivity contribution < 1.29 is 12.8 Å². The molecule has 2 atom stereocenters. The number of sulfone groups is 1. The number of piperidine rings is 1. The van der Waals surface area contributed by atoms with Gasteiger partial charge in [-0.1, -0.05) is 32.9 Å². The van der Waals surface area contributed by atoms with Crippen LogP contribution in [0.1, 0.15) is 39.7 Å². The Bertz CT molecular complexity index is 1340. The quantitative estimate of drug-likeness (QED) is 0.524. The largest absolute Gasteiger partial charge is 0.369 e. The standard InChI is InChI=1S/C26H31FN2O3S/c1-5-19-7-9-20(10-8-19)33(31,32)25-16-28(6-2)23-13-24(22(27)12-21(23)26(25)30)29-14-17(3)11-18(4)15-29/h7-10,12-13,16-18H,5-6,11,14-15H2,1-4H3/t17-,18-/m0/s1. The number of aromatic nitrogens is 1. The molecule has 4 rings (SSSR count). The highest BCUT2D eigenvalue weighted by Crippen LogP contribution is 2.31. The summed E-state index contributed by atoms with van der Waals surface area (Å²) in [5.74, 6) is 0.401. The minimum atomic E-state index is -4.04. The summed E-state index contributed by atoms with van der Waals surface area (Å²) in [5.41, 5.74) is 1.35. The predicted octanol–water partition coefficient (Wildman–Crippen LogP) is 5.04. The van der Waals surface area contributed by atoms with Gasteiger partial charge >= 0.3 is 0 Å². The number of hydrogen-bond acceptors (Lipinski definition) is 4. The van der Waals surface area contributed by atoms with Crippen LogP contribution in [0.5, 0.6) is 0 Å². The number of aryl methyl sites for hydroxylation is 2. The summed E-state index contributed by atoms with van der Waals surface area (Å²) in [7, 11) is -4.04. The first-order chi connectivity index (χ1) is 15.6. The van der Waals surface area contributed by atoms with Crippen LogP contribution in [-0.2, 0) is 22.8 Å². The van der Waals surface area contributed by atoms with Gasteiger partial charge in [0.25, 0.3) is 0 Å². The molecular formula is C26H31FN2O3S. The normalized spacial score (nSPS) is 19.2. The molecule has 0 bridgehead atoms. The molecule has 0 amide bonds. The highest BCUT2D eigenvalue weighted by Gasteiger charge is 2.27. The summed E-state index contributed by atoms with van der Waals surface area (Å²) in [6, 6.07) is 9.46.